The van der Waals surface area contributed by atoms with Crippen LogP contribution in [-0.2, 0) is 11.2 Å². The zero-order valence-corrected chi connectivity index (χ0v) is 8.91. The Balaban J connectivity index is 2.65. The molecule has 0 aromatic carbocycles. The number of halogens is 1. The lowest BCUT2D eigenvalue weighted by Crippen LogP contribution is -2.28. The molecule has 1 aromatic heterocycles. The van der Waals surface area contributed by atoms with Crippen LogP contribution in [0.5, 0.6) is 0 Å². The Morgan fingerprint density at radius 2 is 2.38 bits per heavy atom. The summed E-state index contributed by atoms with van der Waals surface area (Å²) >= 11 is 3.27. The van der Waals surface area contributed by atoms with Gasteiger partial charge in [0.25, 0.3) is 0 Å². The molecule has 0 saturated heterocycles. The largest absolute Gasteiger partial charge is 0.322 e. The lowest BCUT2D eigenvalue weighted by atomic mass is 10.1. The standard InChI is InChI=1S/C9H11BrN2O/c1-6(11)9(13)4-8-3-2-7(10)5-12-8/h2-3,5-6H,4,11H2,1H3. The molecular formula is C9H11BrN2O. The Hall–Kier alpha value is -0.740. The molecule has 3 nitrogen and oxygen atoms in total. The number of aromatic nitrogens is 1. The van der Waals surface area contributed by atoms with Gasteiger partial charge in [0.1, 0.15) is 0 Å². The van der Waals surface area contributed by atoms with Gasteiger partial charge in [0.15, 0.2) is 5.78 Å². The number of ketones is 1. The number of nitrogens with zero attached hydrogens (tertiary/aromatic N) is 1. The Morgan fingerprint density at radius 1 is 1.69 bits per heavy atom. The average molecular weight is 243 g/mol. The van der Waals surface area contributed by atoms with Crippen LogP contribution in [0.2, 0.25) is 0 Å². The molecule has 0 bridgehead atoms. The van der Waals surface area contributed by atoms with Gasteiger partial charge >= 0.3 is 0 Å². The fourth-order valence-corrected chi connectivity index (χ4v) is 1.09. The van der Waals surface area contributed by atoms with Gasteiger partial charge < -0.3 is 5.73 Å². The second-order valence-electron chi connectivity index (χ2n) is 2.90. The first kappa shape index (κ1) is 10.3. The van der Waals surface area contributed by atoms with E-state index in [9.17, 15) is 4.79 Å². The van der Waals surface area contributed by atoms with Crippen molar-refractivity contribution in [2.45, 2.75) is 19.4 Å². The molecule has 1 aromatic rings. The zero-order chi connectivity index (χ0) is 9.84. The highest BCUT2D eigenvalue weighted by atomic mass is 79.9. The number of Topliss-reactive ketones (excluding diaryl/α,β-unsaturated/α-hetero) is 1. The van der Waals surface area contributed by atoms with Crippen molar-refractivity contribution in [1.82, 2.24) is 4.98 Å². The summed E-state index contributed by atoms with van der Waals surface area (Å²) in [5, 5.41) is 0. The van der Waals surface area contributed by atoms with Crippen LogP contribution in [0.4, 0.5) is 0 Å². The molecule has 0 fully saturated rings. The minimum atomic E-state index is -0.412. The third-order valence-electron chi connectivity index (χ3n) is 1.65. The minimum Gasteiger partial charge on any atom is -0.322 e. The SMILES string of the molecule is CC(N)C(=O)Cc1ccc(Br)cn1. The summed E-state index contributed by atoms with van der Waals surface area (Å²) in [6, 6.07) is 3.26. The summed E-state index contributed by atoms with van der Waals surface area (Å²) in [6.45, 7) is 1.68. The highest BCUT2D eigenvalue weighted by Gasteiger charge is 2.08. The van der Waals surface area contributed by atoms with E-state index in [1.807, 2.05) is 12.1 Å². The normalized spacial score (nSPS) is 12.5. The van der Waals surface area contributed by atoms with E-state index in [0.29, 0.717) is 6.42 Å². The number of pyridine rings is 1. The maximum atomic E-state index is 11.2. The molecule has 1 unspecified atom stereocenters. The summed E-state index contributed by atoms with van der Waals surface area (Å²) < 4.78 is 0.907. The van der Waals surface area contributed by atoms with Crippen molar-refractivity contribution in [3.8, 4) is 0 Å². The molecule has 2 N–H and O–H groups in total. The molecule has 0 spiro atoms. The summed E-state index contributed by atoms with van der Waals surface area (Å²) in [4.78, 5) is 15.3. The minimum absolute atomic E-state index is 0.00909. The third-order valence-corrected chi connectivity index (χ3v) is 2.12. The maximum Gasteiger partial charge on any atom is 0.155 e. The summed E-state index contributed by atoms with van der Waals surface area (Å²) in [5.74, 6) is 0.00909. The zero-order valence-electron chi connectivity index (χ0n) is 7.33. The van der Waals surface area contributed by atoms with Crippen LogP contribution in [0.25, 0.3) is 0 Å². The van der Waals surface area contributed by atoms with Gasteiger partial charge in [0.05, 0.1) is 12.5 Å². The predicted octanol–water partition coefficient (Wildman–Crippen LogP) is 1.30. The highest BCUT2D eigenvalue weighted by molar-refractivity contribution is 9.10. The first-order chi connectivity index (χ1) is 6.09. The van der Waals surface area contributed by atoms with E-state index in [0.717, 1.165) is 10.2 Å². The lowest BCUT2D eigenvalue weighted by Gasteiger charge is -2.03. The van der Waals surface area contributed by atoms with E-state index >= 15 is 0 Å². The van der Waals surface area contributed by atoms with E-state index in [2.05, 4.69) is 20.9 Å². The van der Waals surface area contributed by atoms with Crippen molar-refractivity contribution in [1.29, 1.82) is 0 Å². The molecule has 1 rings (SSSR count). The van der Waals surface area contributed by atoms with Gasteiger partial charge in [-0.3, -0.25) is 9.78 Å². The molecule has 0 aliphatic carbocycles. The van der Waals surface area contributed by atoms with Crippen LogP contribution in [0.1, 0.15) is 12.6 Å². The molecule has 0 radical (unpaired) electrons. The molecular weight excluding hydrogens is 232 g/mol. The van der Waals surface area contributed by atoms with Gasteiger partial charge in [-0.1, -0.05) is 0 Å². The van der Waals surface area contributed by atoms with E-state index in [-0.39, 0.29) is 5.78 Å². The fourth-order valence-electron chi connectivity index (χ4n) is 0.851. The molecule has 0 aliphatic heterocycles. The van der Waals surface area contributed by atoms with E-state index < -0.39 is 6.04 Å². The van der Waals surface area contributed by atoms with E-state index in [1.165, 1.54) is 0 Å². The quantitative estimate of drug-likeness (QED) is 0.870. The topological polar surface area (TPSA) is 56.0 Å². The van der Waals surface area contributed by atoms with Gasteiger partial charge in [0.2, 0.25) is 0 Å². The van der Waals surface area contributed by atoms with Crippen molar-refractivity contribution in [2.24, 2.45) is 5.73 Å². The van der Waals surface area contributed by atoms with Crippen molar-refractivity contribution in [3.63, 3.8) is 0 Å². The van der Waals surface area contributed by atoms with Gasteiger partial charge in [0, 0.05) is 16.4 Å². The molecule has 13 heavy (non-hydrogen) atoms. The van der Waals surface area contributed by atoms with Gasteiger partial charge in [-0.25, -0.2) is 0 Å². The molecule has 0 aliphatic rings. The second-order valence-corrected chi connectivity index (χ2v) is 3.82. The molecule has 70 valence electrons. The van der Waals surface area contributed by atoms with Crippen molar-refractivity contribution < 1.29 is 4.79 Å². The first-order valence-electron chi connectivity index (χ1n) is 3.98. The highest BCUT2D eigenvalue weighted by Crippen LogP contribution is 2.08. The van der Waals surface area contributed by atoms with Gasteiger partial charge in [-0.15, -0.1) is 0 Å². The number of carbonyl (C=O) groups is 1. The molecule has 0 saturated carbocycles. The Kier molecular flexibility index (Phi) is 3.57. The maximum absolute atomic E-state index is 11.2. The molecule has 0 amide bonds. The summed E-state index contributed by atoms with van der Waals surface area (Å²) in [7, 11) is 0. The predicted molar refractivity (Wildman–Crippen MR) is 54.3 cm³/mol. The van der Waals surface area contributed by atoms with Gasteiger partial charge in [-0.05, 0) is 35.0 Å². The Labute approximate surface area is 85.5 Å². The fraction of sp³-hybridized carbons (Fsp3) is 0.333. The van der Waals surface area contributed by atoms with E-state index in [1.54, 1.807) is 13.1 Å². The van der Waals surface area contributed by atoms with Crippen LogP contribution < -0.4 is 5.73 Å². The second kappa shape index (κ2) is 4.48. The smallest absolute Gasteiger partial charge is 0.155 e. The van der Waals surface area contributed by atoms with Crippen LogP contribution in [0.15, 0.2) is 22.8 Å². The van der Waals surface area contributed by atoms with Crippen molar-refractivity contribution in [3.05, 3.63) is 28.5 Å². The lowest BCUT2D eigenvalue weighted by molar-refractivity contribution is -0.119. The average Bonchev–Trinajstić information content (AvgIpc) is 2.08. The third kappa shape index (κ3) is 3.24. The summed E-state index contributed by atoms with van der Waals surface area (Å²) in [5.41, 5.74) is 6.18. The molecule has 4 heteroatoms. The number of hydrogen-bond acceptors (Lipinski definition) is 3. The van der Waals surface area contributed by atoms with E-state index in [4.69, 9.17) is 5.73 Å². The first-order valence-corrected chi connectivity index (χ1v) is 4.77. The number of nitrogens with two attached hydrogens (primary N) is 1. The number of carbonyl (C=O) groups excluding carboxylic acids is 1. The van der Waals surface area contributed by atoms with Crippen molar-refractivity contribution in [2.75, 3.05) is 0 Å². The van der Waals surface area contributed by atoms with Crippen LogP contribution in [0, 0.1) is 0 Å². The Bertz CT molecular complexity index is 295. The van der Waals surface area contributed by atoms with Crippen LogP contribution in [0.3, 0.4) is 0 Å². The van der Waals surface area contributed by atoms with Crippen molar-refractivity contribution >= 4 is 21.7 Å². The summed E-state index contributed by atoms with van der Waals surface area (Å²) in [6.07, 6.45) is 1.98. The number of hydrogen-bond donors (Lipinski definition) is 1. The van der Waals surface area contributed by atoms with Crippen LogP contribution in [-0.4, -0.2) is 16.8 Å². The number of rotatable bonds is 3. The molecule has 1 heterocycles. The van der Waals surface area contributed by atoms with Gasteiger partial charge in [-0.2, -0.15) is 0 Å². The molecule has 1 atom stereocenters. The Morgan fingerprint density at radius 3 is 2.85 bits per heavy atom. The monoisotopic (exact) mass is 242 g/mol. The van der Waals surface area contributed by atoms with Crippen LogP contribution >= 0.6 is 15.9 Å².